The fraction of sp³-hybridized carbons (Fsp3) is 0.385. The first-order chi connectivity index (χ1) is 16.9. The summed E-state index contributed by atoms with van der Waals surface area (Å²) in [6, 6.07) is 14.7. The molecule has 0 bridgehead atoms. The molecule has 1 aliphatic heterocycles. The summed E-state index contributed by atoms with van der Waals surface area (Å²) >= 11 is 0. The Morgan fingerprint density at radius 3 is 2.46 bits per heavy atom. The number of carboxylic acid groups (broad SMARTS) is 1. The Labute approximate surface area is 203 Å². The van der Waals surface area contributed by atoms with Gasteiger partial charge in [0.15, 0.2) is 0 Å². The van der Waals surface area contributed by atoms with E-state index < -0.39 is 12.2 Å². The number of unbranched alkanes of at least 4 members (excludes halogenated alkanes) is 1. The van der Waals surface area contributed by atoms with E-state index in [-0.39, 0.29) is 11.3 Å². The number of carbonyl (C=O) groups is 1. The number of aliphatic hydroxyl groups is 1. The number of phenolic OH excluding ortho intramolecular Hbond substituents is 1. The average Bonchev–Trinajstić information content (AvgIpc) is 2.87. The number of hydrogen-bond donors (Lipinski definition) is 5. The molecular weight excluding hydrogens is 448 g/mol. The fourth-order valence-electron chi connectivity index (χ4n) is 4.51. The Balaban J connectivity index is 1.18. The topological polar surface area (TPSA) is 129 Å². The third kappa shape index (κ3) is 6.12. The second-order valence-electron chi connectivity index (χ2n) is 8.89. The number of nitrogens with one attached hydrogen (secondary N) is 2. The van der Waals surface area contributed by atoms with E-state index in [2.05, 4.69) is 39.5 Å². The molecule has 0 saturated carbocycles. The Kier molecular flexibility index (Phi) is 7.89. The zero-order valence-electron chi connectivity index (χ0n) is 19.6. The Morgan fingerprint density at radius 2 is 1.74 bits per heavy atom. The lowest BCUT2D eigenvalue weighted by Gasteiger charge is -2.34. The van der Waals surface area contributed by atoms with Gasteiger partial charge in [0.25, 0.3) is 0 Å². The van der Waals surface area contributed by atoms with Crippen LogP contribution in [0, 0.1) is 0 Å². The molecule has 2 aromatic carbocycles. The van der Waals surface area contributed by atoms with Crippen LogP contribution in [-0.2, 0) is 6.42 Å². The number of anilines is 1. The number of aryl methyl sites for hydroxylation is 1. The summed E-state index contributed by atoms with van der Waals surface area (Å²) in [6.45, 7) is 3.63. The number of H-pyrrole nitrogens is 1. The van der Waals surface area contributed by atoms with Crippen LogP contribution in [0.15, 0.2) is 53.3 Å². The minimum atomic E-state index is -0.851. The van der Waals surface area contributed by atoms with Crippen molar-refractivity contribution in [1.29, 1.82) is 0 Å². The number of pyridine rings is 1. The molecule has 1 unspecified atom stereocenters. The van der Waals surface area contributed by atoms with Gasteiger partial charge < -0.3 is 35.4 Å². The molecule has 2 heterocycles. The maximum atomic E-state index is 11.5. The third-order valence-corrected chi connectivity index (χ3v) is 6.52. The molecule has 1 aliphatic rings. The summed E-state index contributed by atoms with van der Waals surface area (Å²) < 4.78 is 0. The van der Waals surface area contributed by atoms with E-state index >= 15 is 0 Å². The van der Waals surface area contributed by atoms with Crippen LogP contribution in [-0.4, -0.2) is 70.6 Å². The van der Waals surface area contributed by atoms with E-state index in [0.29, 0.717) is 49.2 Å². The first-order valence-corrected chi connectivity index (χ1v) is 12.0. The minimum absolute atomic E-state index is 0.0181. The lowest BCUT2D eigenvalue weighted by atomic mass is 10.0. The number of amides is 1. The van der Waals surface area contributed by atoms with Gasteiger partial charge in [-0.2, -0.15) is 0 Å². The van der Waals surface area contributed by atoms with Gasteiger partial charge >= 0.3 is 6.09 Å². The van der Waals surface area contributed by atoms with Crippen LogP contribution in [0.25, 0.3) is 10.9 Å². The van der Waals surface area contributed by atoms with Gasteiger partial charge in [0.2, 0.25) is 5.56 Å². The normalized spacial score (nSPS) is 14.9. The van der Waals surface area contributed by atoms with Gasteiger partial charge in [-0.05, 0) is 61.2 Å². The highest BCUT2D eigenvalue weighted by atomic mass is 16.4. The summed E-state index contributed by atoms with van der Waals surface area (Å²) in [7, 11) is 0. The zero-order valence-corrected chi connectivity index (χ0v) is 19.6. The molecule has 0 radical (unpaired) electrons. The van der Waals surface area contributed by atoms with Crippen molar-refractivity contribution in [1.82, 2.24) is 15.2 Å². The summed E-state index contributed by atoms with van der Waals surface area (Å²) in [5, 5.41) is 33.6. The third-order valence-electron chi connectivity index (χ3n) is 6.52. The average molecular weight is 481 g/mol. The Morgan fingerprint density at radius 1 is 1.00 bits per heavy atom. The van der Waals surface area contributed by atoms with E-state index in [9.17, 15) is 19.8 Å². The molecule has 186 valence electrons. The van der Waals surface area contributed by atoms with Crippen LogP contribution < -0.4 is 15.8 Å². The van der Waals surface area contributed by atoms with Crippen LogP contribution >= 0.6 is 0 Å². The SMILES string of the molecule is O=C(O)N1CCN(c2ccc(CCCCNCC(O)c3ccc(O)c4[nH]c(=O)ccc34)cc2)CC1. The largest absolute Gasteiger partial charge is 0.506 e. The molecule has 3 aromatic rings. The van der Waals surface area contributed by atoms with Gasteiger partial charge in [-0.3, -0.25) is 4.79 Å². The van der Waals surface area contributed by atoms with Gasteiger partial charge in [-0.15, -0.1) is 0 Å². The number of aliphatic hydroxyl groups excluding tert-OH is 1. The lowest BCUT2D eigenvalue weighted by Crippen LogP contribution is -2.48. The van der Waals surface area contributed by atoms with Gasteiger partial charge in [-0.1, -0.05) is 18.2 Å². The van der Waals surface area contributed by atoms with Gasteiger partial charge in [0, 0.05) is 49.9 Å². The number of aromatic hydroxyl groups is 1. The molecule has 4 rings (SSSR count). The summed E-state index contributed by atoms with van der Waals surface area (Å²) in [5.41, 5.74) is 3.09. The standard InChI is InChI=1S/C26H32N4O5/c31-22-10-8-20(21-9-11-24(33)28-25(21)22)23(32)17-27-12-2-1-3-18-4-6-19(7-5-18)29-13-15-30(16-14-29)26(34)35/h4-11,23,27,31-32H,1-3,12-17H2,(H,28,33)(H,34,35). The first-order valence-electron chi connectivity index (χ1n) is 12.0. The molecule has 1 aromatic heterocycles. The summed E-state index contributed by atoms with van der Waals surface area (Å²) in [5.74, 6) is -0.0181. The van der Waals surface area contributed by atoms with Crippen molar-refractivity contribution in [2.24, 2.45) is 0 Å². The second kappa shape index (κ2) is 11.2. The highest BCUT2D eigenvalue weighted by molar-refractivity contribution is 5.87. The van der Waals surface area contributed by atoms with Crippen molar-refractivity contribution in [3.05, 3.63) is 70.0 Å². The molecule has 9 heteroatoms. The second-order valence-corrected chi connectivity index (χ2v) is 8.89. The van der Waals surface area contributed by atoms with Crippen molar-refractivity contribution in [2.75, 3.05) is 44.2 Å². The number of aromatic amines is 1. The molecule has 1 fully saturated rings. The maximum Gasteiger partial charge on any atom is 0.407 e. The number of rotatable bonds is 9. The van der Waals surface area contributed by atoms with Gasteiger partial charge in [-0.25, -0.2) is 4.79 Å². The predicted octanol–water partition coefficient (Wildman–Crippen LogP) is 2.68. The van der Waals surface area contributed by atoms with Crippen LogP contribution in [0.1, 0.15) is 30.1 Å². The molecule has 9 nitrogen and oxygen atoms in total. The number of fused-ring (bicyclic) bond motifs is 1. The van der Waals surface area contributed by atoms with E-state index in [0.717, 1.165) is 31.5 Å². The van der Waals surface area contributed by atoms with Crippen LogP contribution in [0.2, 0.25) is 0 Å². The zero-order chi connectivity index (χ0) is 24.8. The van der Waals surface area contributed by atoms with E-state index in [1.165, 1.54) is 22.6 Å². The Bertz CT molecular complexity index is 1200. The van der Waals surface area contributed by atoms with Crippen LogP contribution in [0.5, 0.6) is 5.75 Å². The lowest BCUT2D eigenvalue weighted by molar-refractivity contribution is 0.142. The molecule has 5 N–H and O–H groups in total. The highest BCUT2D eigenvalue weighted by Crippen LogP contribution is 2.28. The number of piperazine rings is 1. The highest BCUT2D eigenvalue weighted by Gasteiger charge is 2.20. The fourth-order valence-corrected chi connectivity index (χ4v) is 4.51. The maximum absolute atomic E-state index is 11.5. The summed E-state index contributed by atoms with van der Waals surface area (Å²) in [4.78, 5) is 28.9. The van der Waals surface area contributed by atoms with E-state index in [1.54, 1.807) is 12.1 Å². The molecule has 1 atom stereocenters. The number of aromatic nitrogens is 1. The number of hydrogen-bond acceptors (Lipinski definition) is 6. The number of phenols is 1. The van der Waals surface area contributed by atoms with Gasteiger partial charge in [0.05, 0.1) is 11.6 Å². The van der Waals surface area contributed by atoms with Crippen molar-refractivity contribution in [2.45, 2.75) is 25.4 Å². The molecule has 0 spiro atoms. The minimum Gasteiger partial charge on any atom is -0.506 e. The molecule has 1 amide bonds. The number of benzene rings is 2. The van der Waals surface area contributed by atoms with Crippen molar-refractivity contribution < 1.29 is 20.1 Å². The molecular formula is C26H32N4O5. The van der Waals surface area contributed by atoms with Gasteiger partial charge in [0.1, 0.15) is 5.75 Å². The predicted molar refractivity (Wildman–Crippen MR) is 135 cm³/mol. The molecule has 35 heavy (non-hydrogen) atoms. The van der Waals surface area contributed by atoms with Crippen molar-refractivity contribution in [3.63, 3.8) is 0 Å². The Hall–Kier alpha value is -3.56. The first kappa shape index (κ1) is 24.6. The van der Waals surface area contributed by atoms with Crippen LogP contribution in [0.4, 0.5) is 10.5 Å². The van der Waals surface area contributed by atoms with E-state index in [1.807, 2.05) is 0 Å². The number of nitrogens with zero attached hydrogens (tertiary/aromatic N) is 2. The monoisotopic (exact) mass is 480 g/mol. The van der Waals surface area contributed by atoms with E-state index in [4.69, 9.17) is 5.11 Å². The van der Waals surface area contributed by atoms with Crippen molar-refractivity contribution >= 4 is 22.7 Å². The van der Waals surface area contributed by atoms with Crippen molar-refractivity contribution in [3.8, 4) is 5.75 Å². The summed E-state index contributed by atoms with van der Waals surface area (Å²) in [6.07, 6.45) is 1.34. The quantitative estimate of drug-likeness (QED) is 0.298. The van der Waals surface area contributed by atoms with Crippen LogP contribution in [0.3, 0.4) is 0 Å². The molecule has 1 saturated heterocycles. The molecule has 0 aliphatic carbocycles. The smallest absolute Gasteiger partial charge is 0.407 e.